The number of ether oxygens (including phenoxy) is 6. The summed E-state index contributed by atoms with van der Waals surface area (Å²) in [6.07, 6.45) is -23.7. The van der Waals surface area contributed by atoms with Crippen LogP contribution >= 0.6 is 11.6 Å². The fourth-order valence-corrected chi connectivity index (χ4v) is 5.59. The molecule has 3 rings (SSSR count). The topological polar surface area (TPSA) is 352 Å². The average Bonchev–Trinajstić information content (AvgIpc) is 3.03. The summed E-state index contributed by atoms with van der Waals surface area (Å²) in [6.45, 7) is -0.565. The van der Waals surface area contributed by atoms with E-state index in [-0.39, 0.29) is 12.5 Å². The predicted molar refractivity (Wildman–Crippen MR) is 150 cm³/mol. The van der Waals surface area contributed by atoms with Crippen LogP contribution in [0.2, 0.25) is 0 Å². The molecule has 0 aromatic heterocycles. The monoisotopic (exact) mass is 702 g/mol. The first kappa shape index (κ1) is 39.3. The van der Waals surface area contributed by atoms with E-state index in [4.69, 9.17) is 51.1 Å². The van der Waals surface area contributed by atoms with Crippen molar-refractivity contribution in [1.82, 2.24) is 0 Å². The van der Waals surface area contributed by atoms with Gasteiger partial charge in [0.05, 0.1) is 50.2 Å². The fraction of sp³-hybridized carbons (Fsp3) is 0.958. The van der Waals surface area contributed by atoms with E-state index >= 15 is 0 Å². The number of aliphatic hydroxyl groups is 8. The zero-order chi connectivity index (χ0) is 35.1. The van der Waals surface area contributed by atoms with Gasteiger partial charge in [-0.15, -0.1) is 11.6 Å². The van der Waals surface area contributed by atoms with Crippen LogP contribution in [0.4, 0.5) is 0 Å². The third-order valence-electron chi connectivity index (χ3n) is 7.88. The number of nitrogens with zero attached hydrogens (tertiary/aromatic N) is 6. The molecule has 3 heterocycles. The van der Waals surface area contributed by atoms with Gasteiger partial charge in [-0.1, -0.05) is 10.2 Å². The van der Waals surface area contributed by atoms with Crippen LogP contribution in [0.3, 0.4) is 0 Å². The lowest BCUT2D eigenvalue weighted by atomic mass is 9.88. The van der Waals surface area contributed by atoms with E-state index < -0.39 is 123 Å². The number of hydrogen-bond acceptors (Lipinski definition) is 17. The number of aliphatic hydroxyl groups excluding tert-OH is 8. The van der Waals surface area contributed by atoms with Gasteiger partial charge in [-0.25, -0.2) is 4.79 Å². The lowest BCUT2D eigenvalue weighted by Gasteiger charge is -2.50. The van der Waals surface area contributed by atoms with Crippen LogP contribution in [0.5, 0.6) is 0 Å². The summed E-state index contributed by atoms with van der Waals surface area (Å²) in [6, 6.07) is -3.25. The Morgan fingerprint density at radius 3 is 2.21 bits per heavy atom. The maximum atomic E-state index is 12.7. The number of alkyl halides is 1. The maximum Gasteiger partial charge on any atom is 0.364 e. The van der Waals surface area contributed by atoms with Crippen molar-refractivity contribution in [3.63, 3.8) is 0 Å². The maximum absolute atomic E-state index is 12.7. The number of aliphatic carboxylic acids is 1. The van der Waals surface area contributed by atoms with E-state index in [1.165, 1.54) is 0 Å². The molecule has 16 atom stereocenters. The van der Waals surface area contributed by atoms with Gasteiger partial charge in [-0.3, -0.25) is 0 Å². The van der Waals surface area contributed by atoms with Gasteiger partial charge in [0.1, 0.15) is 48.8 Å². The molecular formula is C24H39ClN6O16. The molecule has 22 nitrogen and oxygen atoms in total. The van der Waals surface area contributed by atoms with E-state index in [1.807, 2.05) is 0 Å². The highest BCUT2D eigenvalue weighted by molar-refractivity contribution is 6.17. The van der Waals surface area contributed by atoms with Crippen molar-refractivity contribution in [1.29, 1.82) is 0 Å². The minimum Gasteiger partial charge on any atom is -0.477 e. The van der Waals surface area contributed by atoms with Crippen molar-refractivity contribution in [2.45, 2.75) is 117 Å². The molecule has 9 N–H and O–H groups in total. The van der Waals surface area contributed by atoms with E-state index in [1.54, 1.807) is 0 Å². The zero-order valence-electron chi connectivity index (χ0n) is 24.8. The molecular weight excluding hydrogens is 664 g/mol. The van der Waals surface area contributed by atoms with Crippen LogP contribution < -0.4 is 0 Å². The second-order valence-corrected chi connectivity index (χ2v) is 11.4. The van der Waals surface area contributed by atoms with Gasteiger partial charge in [0, 0.05) is 22.1 Å². The van der Waals surface area contributed by atoms with Gasteiger partial charge < -0.3 is 74.4 Å². The van der Waals surface area contributed by atoms with Crippen LogP contribution in [-0.2, 0) is 33.2 Å². The van der Waals surface area contributed by atoms with Gasteiger partial charge in [0.15, 0.2) is 12.6 Å². The Labute approximate surface area is 271 Å². The van der Waals surface area contributed by atoms with Gasteiger partial charge in [-0.05, 0) is 24.4 Å². The first-order valence-electron chi connectivity index (χ1n) is 14.4. The number of hydrogen-bond donors (Lipinski definition) is 9. The summed E-state index contributed by atoms with van der Waals surface area (Å²) in [5, 5.41) is 101. The molecule has 0 bridgehead atoms. The number of halogens is 1. The number of carboxylic acid groups (broad SMARTS) is 1. The normalized spacial score (nSPS) is 42.0. The molecule has 268 valence electrons. The largest absolute Gasteiger partial charge is 0.477 e. The summed E-state index contributed by atoms with van der Waals surface area (Å²) < 4.78 is 33.2. The standard InChI is InChI=1S/C24H39ClN6O16/c1-8(34)12(28-30-26)19-13(29-31-27)9(35)5-24(46-19,23(40)41)47-20-14(36)10(6-32)43-22(17(20)39)45-18-11(7-33)44-21(16(38)15(18)37)42-4-2-3-25/h8-22,32-39H,2-7H2,1H3,(H,40,41)/t8-,9?,10?,11?,12?,13?,14+,15?,16?,17?,18-,19?,20?,21-,22+,24+/m1/s1. The van der Waals surface area contributed by atoms with Crippen molar-refractivity contribution in [3.05, 3.63) is 20.9 Å². The van der Waals surface area contributed by atoms with Crippen molar-refractivity contribution < 1.29 is 79.2 Å². The SMILES string of the molecule is C[C@@H](O)C(N=[N+]=[N-])C1O[C@@](OC2C(O)[C@H](O[C@@H]3C(CO)O[C@@H](OCCCCl)C(O)C3O)OC(CO)[C@@H]2O)(C(=O)O)CC(O)C1N=[N+]=[N-]. The molecule has 0 aromatic carbocycles. The van der Waals surface area contributed by atoms with Gasteiger partial charge in [-0.2, -0.15) is 0 Å². The Kier molecular flexibility index (Phi) is 14.6. The average molecular weight is 703 g/mol. The summed E-state index contributed by atoms with van der Waals surface area (Å²) in [7, 11) is 0. The molecule has 0 saturated carbocycles. The first-order valence-corrected chi connectivity index (χ1v) is 15.0. The second kappa shape index (κ2) is 17.5. The number of carboxylic acids is 1. The van der Waals surface area contributed by atoms with Gasteiger partial charge >= 0.3 is 5.97 Å². The van der Waals surface area contributed by atoms with Crippen LogP contribution in [0.1, 0.15) is 19.8 Å². The van der Waals surface area contributed by atoms with Gasteiger partial charge in [0.25, 0.3) is 5.79 Å². The van der Waals surface area contributed by atoms with E-state index in [9.17, 15) is 50.8 Å². The summed E-state index contributed by atoms with van der Waals surface area (Å²) in [5.74, 6) is -4.69. The van der Waals surface area contributed by atoms with Crippen LogP contribution in [0.25, 0.3) is 20.9 Å². The van der Waals surface area contributed by atoms with E-state index in [2.05, 4.69) is 20.1 Å². The highest BCUT2D eigenvalue weighted by Crippen LogP contribution is 2.39. The molecule has 3 fully saturated rings. The summed E-state index contributed by atoms with van der Waals surface area (Å²) in [5.41, 5.74) is 18.0. The molecule has 23 heteroatoms. The highest BCUT2D eigenvalue weighted by Gasteiger charge is 2.59. The van der Waals surface area contributed by atoms with Crippen LogP contribution in [0, 0.1) is 0 Å². The molecule has 10 unspecified atom stereocenters. The molecule has 3 aliphatic heterocycles. The Hall–Kier alpha value is -2.18. The smallest absolute Gasteiger partial charge is 0.364 e. The minimum absolute atomic E-state index is 0.0363. The van der Waals surface area contributed by atoms with Crippen molar-refractivity contribution in [2.75, 3.05) is 25.7 Å². The second-order valence-electron chi connectivity index (χ2n) is 11.1. The third-order valence-corrected chi connectivity index (χ3v) is 8.15. The summed E-state index contributed by atoms with van der Waals surface area (Å²) >= 11 is 5.62. The van der Waals surface area contributed by atoms with E-state index in [0.29, 0.717) is 6.42 Å². The number of azide groups is 2. The fourth-order valence-electron chi connectivity index (χ4n) is 5.48. The zero-order valence-corrected chi connectivity index (χ0v) is 25.6. The third kappa shape index (κ3) is 8.71. The Morgan fingerprint density at radius 1 is 1.00 bits per heavy atom. The van der Waals surface area contributed by atoms with Crippen molar-refractivity contribution in [3.8, 4) is 0 Å². The number of carbonyl (C=O) groups is 1. The molecule has 3 saturated heterocycles. The summed E-state index contributed by atoms with van der Waals surface area (Å²) in [4.78, 5) is 17.8. The lowest BCUT2D eigenvalue weighted by Crippen LogP contribution is -2.68. The van der Waals surface area contributed by atoms with Crippen LogP contribution in [-0.4, -0.2) is 175 Å². The van der Waals surface area contributed by atoms with Crippen molar-refractivity contribution in [2.24, 2.45) is 10.2 Å². The number of rotatable bonds is 15. The molecule has 0 aromatic rings. The molecule has 47 heavy (non-hydrogen) atoms. The molecule has 3 aliphatic rings. The molecule has 0 aliphatic carbocycles. The first-order chi connectivity index (χ1) is 22.3. The van der Waals surface area contributed by atoms with Crippen LogP contribution in [0.15, 0.2) is 10.2 Å². The minimum atomic E-state index is -2.98. The molecule has 0 radical (unpaired) electrons. The Bertz CT molecular complexity index is 1110. The molecule has 0 amide bonds. The van der Waals surface area contributed by atoms with Crippen molar-refractivity contribution >= 4 is 17.6 Å². The molecule has 0 spiro atoms. The van der Waals surface area contributed by atoms with E-state index in [0.717, 1.165) is 6.92 Å². The highest BCUT2D eigenvalue weighted by atomic mass is 35.5. The predicted octanol–water partition coefficient (Wildman–Crippen LogP) is -3.05. The quantitative estimate of drug-likeness (QED) is 0.0269. The Morgan fingerprint density at radius 2 is 1.66 bits per heavy atom. The van der Waals surface area contributed by atoms with Gasteiger partial charge in [0.2, 0.25) is 0 Å². The Balaban J connectivity index is 1.93. The lowest BCUT2D eigenvalue weighted by molar-refractivity contribution is -0.384.